The fraction of sp³-hybridized carbons (Fsp3) is 0.250. The lowest BCUT2D eigenvalue weighted by Crippen LogP contribution is -2.09. The number of hydrogen-bond acceptors (Lipinski definition) is 4. The Morgan fingerprint density at radius 1 is 1.10 bits per heavy atom. The Kier molecular flexibility index (Phi) is 4.12. The molecule has 0 unspecified atom stereocenters. The summed E-state index contributed by atoms with van der Waals surface area (Å²) in [4.78, 5) is 0. The van der Waals surface area contributed by atoms with Crippen molar-refractivity contribution < 1.29 is 4.74 Å². The molecule has 108 valence electrons. The molecule has 0 amide bonds. The SMILES string of the molecule is CNCc1ccc(OCCn2nnc3ccccc32)cc1. The van der Waals surface area contributed by atoms with Crippen LogP contribution in [0.4, 0.5) is 0 Å². The Morgan fingerprint density at radius 2 is 1.90 bits per heavy atom. The fourth-order valence-corrected chi connectivity index (χ4v) is 2.24. The summed E-state index contributed by atoms with van der Waals surface area (Å²) in [5.74, 6) is 0.874. The quantitative estimate of drug-likeness (QED) is 0.753. The predicted molar refractivity (Wildman–Crippen MR) is 82.2 cm³/mol. The summed E-state index contributed by atoms with van der Waals surface area (Å²) < 4.78 is 7.62. The highest BCUT2D eigenvalue weighted by Gasteiger charge is 2.03. The summed E-state index contributed by atoms with van der Waals surface area (Å²) in [7, 11) is 1.94. The van der Waals surface area contributed by atoms with Crippen LogP contribution in [-0.4, -0.2) is 28.6 Å². The molecule has 0 spiro atoms. The van der Waals surface area contributed by atoms with E-state index >= 15 is 0 Å². The Bertz CT molecular complexity index is 706. The molecule has 0 fully saturated rings. The largest absolute Gasteiger partial charge is 0.492 e. The maximum Gasteiger partial charge on any atom is 0.119 e. The zero-order valence-corrected chi connectivity index (χ0v) is 12.0. The van der Waals surface area contributed by atoms with Crippen LogP contribution in [0.3, 0.4) is 0 Å². The Hall–Kier alpha value is -2.40. The molecule has 1 aromatic heterocycles. The molecule has 0 aliphatic heterocycles. The topological polar surface area (TPSA) is 52.0 Å². The van der Waals surface area contributed by atoms with Crippen molar-refractivity contribution in [2.75, 3.05) is 13.7 Å². The predicted octanol–water partition coefficient (Wildman–Crippen LogP) is 2.23. The molecule has 1 heterocycles. The lowest BCUT2D eigenvalue weighted by molar-refractivity contribution is 0.292. The molecule has 0 aliphatic rings. The highest BCUT2D eigenvalue weighted by molar-refractivity contribution is 5.73. The number of nitrogens with zero attached hydrogens (tertiary/aromatic N) is 3. The first-order chi connectivity index (χ1) is 10.4. The van der Waals surface area contributed by atoms with Crippen LogP contribution in [0.1, 0.15) is 5.56 Å². The van der Waals surface area contributed by atoms with Gasteiger partial charge in [-0.3, -0.25) is 0 Å². The van der Waals surface area contributed by atoms with E-state index in [-0.39, 0.29) is 0 Å². The summed E-state index contributed by atoms with van der Waals surface area (Å²) in [5.41, 5.74) is 3.19. The van der Waals surface area contributed by atoms with Gasteiger partial charge in [0.15, 0.2) is 0 Å². The zero-order valence-electron chi connectivity index (χ0n) is 12.0. The van der Waals surface area contributed by atoms with Gasteiger partial charge in [0, 0.05) is 6.54 Å². The summed E-state index contributed by atoms with van der Waals surface area (Å²) in [6, 6.07) is 16.0. The van der Waals surface area contributed by atoms with Crippen molar-refractivity contribution in [2.45, 2.75) is 13.1 Å². The molecule has 0 radical (unpaired) electrons. The second-order valence-corrected chi connectivity index (χ2v) is 4.82. The van der Waals surface area contributed by atoms with Crippen LogP contribution in [0.25, 0.3) is 11.0 Å². The molecular formula is C16H18N4O. The van der Waals surface area contributed by atoms with E-state index in [1.165, 1.54) is 5.56 Å². The van der Waals surface area contributed by atoms with Gasteiger partial charge in [-0.15, -0.1) is 5.10 Å². The molecule has 0 saturated heterocycles. The van der Waals surface area contributed by atoms with E-state index in [4.69, 9.17) is 4.74 Å². The molecule has 0 bridgehead atoms. The number of para-hydroxylation sites is 1. The van der Waals surface area contributed by atoms with E-state index in [0.29, 0.717) is 13.2 Å². The fourth-order valence-electron chi connectivity index (χ4n) is 2.24. The van der Waals surface area contributed by atoms with Crippen LogP contribution in [-0.2, 0) is 13.1 Å². The molecular weight excluding hydrogens is 264 g/mol. The molecule has 5 nitrogen and oxygen atoms in total. The van der Waals surface area contributed by atoms with Gasteiger partial charge in [0.25, 0.3) is 0 Å². The van der Waals surface area contributed by atoms with Crippen LogP contribution < -0.4 is 10.1 Å². The zero-order chi connectivity index (χ0) is 14.5. The van der Waals surface area contributed by atoms with E-state index in [1.807, 2.05) is 48.1 Å². The number of fused-ring (bicyclic) bond motifs is 1. The van der Waals surface area contributed by atoms with Crippen molar-refractivity contribution in [3.8, 4) is 5.75 Å². The van der Waals surface area contributed by atoms with Gasteiger partial charge in [0.2, 0.25) is 0 Å². The van der Waals surface area contributed by atoms with E-state index in [2.05, 4.69) is 27.8 Å². The minimum Gasteiger partial charge on any atom is -0.492 e. The van der Waals surface area contributed by atoms with Gasteiger partial charge in [-0.05, 0) is 36.9 Å². The molecule has 0 saturated carbocycles. The summed E-state index contributed by atoms with van der Waals surface area (Å²) in [6.07, 6.45) is 0. The third-order valence-corrected chi connectivity index (χ3v) is 3.30. The van der Waals surface area contributed by atoms with Crippen molar-refractivity contribution in [1.82, 2.24) is 20.3 Å². The number of nitrogens with one attached hydrogen (secondary N) is 1. The first-order valence-corrected chi connectivity index (χ1v) is 7.01. The smallest absolute Gasteiger partial charge is 0.119 e. The Labute approximate surface area is 123 Å². The van der Waals surface area contributed by atoms with Gasteiger partial charge < -0.3 is 10.1 Å². The Morgan fingerprint density at radius 3 is 2.71 bits per heavy atom. The average Bonchev–Trinajstić information content (AvgIpc) is 2.93. The molecule has 2 aromatic carbocycles. The van der Waals surface area contributed by atoms with Crippen molar-refractivity contribution >= 4 is 11.0 Å². The summed E-state index contributed by atoms with van der Waals surface area (Å²) >= 11 is 0. The first-order valence-electron chi connectivity index (χ1n) is 7.01. The summed E-state index contributed by atoms with van der Waals surface area (Å²) in [6.45, 7) is 2.11. The second-order valence-electron chi connectivity index (χ2n) is 4.82. The molecule has 5 heteroatoms. The van der Waals surface area contributed by atoms with E-state index < -0.39 is 0 Å². The van der Waals surface area contributed by atoms with Crippen LogP contribution in [0, 0.1) is 0 Å². The van der Waals surface area contributed by atoms with Crippen molar-refractivity contribution in [3.63, 3.8) is 0 Å². The number of ether oxygens (including phenoxy) is 1. The number of benzene rings is 2. The second kappa shape index (κ2) is 6.37. The maximum atomic E-state index is 5.75. The van der Waals surface area contributed by atoms with Gasteiger partial charge in [-0.2, -0.15) is 0 Å². The van der Waals surface area contributed by atoms with Gasteiger partial charge in [0.05, 0.1) is 12.1 Å². The monoisotopic (exact) mass is 282 g/mol. The summed E-state index contributed by atoms with van der Waals surface area (Å²) in [5, 5.41) is 11.4. The lowest BCUT2D eigenvalue weighted by Gasteiger charge is -2.07. The molecule has 0 aliphatic carbocycles. The number of hydrogen-bond donors (Lipinski definition) is 1. The number of aromatic nitrogens is 3. The first kappa shape index (κ1) is 13.6. The Balaban J connectivity index is 1.58. The van der Waals surface area contributed by atoms with Crippen molar-refractivity contribution in [1.29, 1.82) is 0 Å². The molecule has 1 N–H and O–H groups in total. The molecule has 3 rings (SSSR count). The average molecular weight is 282 g/mol. The highest BCUT2D eigenvalue weighted by atomic mass is 16.5. The van der Waals surface area contributed by atoms with Crippen LogP contribution >= 0.6 is 0 Å². The third-order valence-electron chi connectivity index (χ3n) is 3.30. The van der Waals surface area contributed by atoms with E-state index in [0.717, 1.165) is 23.3 Å². The van der Waals surface area contributed by atoms with Crippen LogP contribution in [0.5, 0.6) is 5.75 Å². The number of rotatable bonds is 6. The minimum absolute atomic E-state index is 0.568. The van der Waals surface area contributed by atoms with Gasteiger partial charge >= 0.3 is 0 Å². The van der Waals surface area contributed by atoms with E-state index in [1.54, 1.807) is 0 Å². The van der Waals surface area contributed by atoms with Gasteiger partial charge in [-0.1, -0.05) is 29.5 Å². The molecule has 21 heavy (non-hydrogen) atoms. The third kappa shape index (κ3) is 3.20. The van der Waals surface area contributed by atoms with Crippen LogP contribution in [0.15, 0.2) is 48.5 Å². The van der Waals surface area contributed by atoms with Crippen molar-refractivity contribution in [3.05, 3.63) is 54.1 Å². The normalized spacial score (nSPS) is 10.9. The minimum atomic E-state index is 0.568. The maximum absolute atomic E-state index is 5.75. The molecule has 3 aromatic rings. The molecule has 0 atom stereocenters. The lowest BCUT2D eigenvalue weighted by atomic mass is 10.2. The standard InChI is InChI=1S/C16H18N4O/c1-17-12-13-6-8-14(9-7-13)21-11-10-20-16-5-3-2-4-15(16)18-19-20/h2-9,17H,10-12H2,1H3. The highest BCUT2D eigenvalue weighted by Crippen LogP contribution is 2.13. The van der Waals surface area contributed by atoms with E-state index in [9.17, 15) is 0 Å². The van der Waals surface area contributed by atoms with Crippen LogP contribution in [0.2, 0.25) is 0 Å². The van der Waals surface area contributed by atoms with Crippen molar-refractivity contribution in [2.24, 2.45) is 0 Å². The van der Waals surface area contributed by atoms with Gasteiger partial charge in [0.1, 0.15) is 17.9 Å². The van der Waals surface area contributed by atoms with Gasteiger partial charge in [-0.25, -0.2) is 4.68 Å².